The molecule has 0 spiro atoms. The van der Waals surface area contributed by atoms with Crippen molar-refractivity contribution in [2.24, 2.45) is 0 Å². The highest BCUT2D eigenvalue weighted by molar-refractivity contribution is 9.11. The highest BCUT2D eigenvalue weighted by Crippen LogP contribution is 2.36. The third-order valence-electron chi connectivity index (χ3n) is 1.48. The summed E-state index contributed by atoms with van der Waals surface area (Å²) in [5.74, 6) is 0. The van der Waals surface area contributed by atoms with Gasteiger partial charge in [-0.25, -0.2) is 0 Å². The highest BCUT2D eigenvalue weighted by atomic mass is 79.9. The molecule has 3 nitrogen and oxygen atoms in total. The number of allylic oxidation sites excluding steroid dienone is 2. The molecule has 6 heteroatoms. The van der Waals surface area contributed by atoms with E-state index in [4.69, 9.17) is 27.4 Å². The van der Waals surface area contributed by atoms with Gasteiger partial charge in [0.2, 0.25) is 0 Å². The van der Waals surface area contributed by atoms with Gasteiger partial charge in [-0.15, -0.1) is 11.3 Å². The fourth-order valence-corrected chi connectivity index (χ4v) is 2.54. The molecule has 0 fully saturated rings. The summed E-state index contributed by atoms with van der Waals surface area (Å²) in [6.45, 7) is 0. The van der Waals surface area contributed by atoms with Gasteiger partial charge in [-0.2, -0.15) is 15.8 Å². The quantitative estimate of drug-likeness (QED) is 0.745. The molecule has 0 aromatic carbocycles. The topological polar surface area (TPSA) is 71.4 Å². The lowest BCUT2D eigenvalue weighted by molar-refractivity contribution is 1.46. The molecule has 0 N–H and O–H groups in total. The minimum absolute atomic E-state index is 0.0533. The van der Waals surface area contributed by atoms with Crippen molar-refractivity contribution in [2.45, 2.75) is 0 Å². The average molecular weight is 299 g/mol. The maximum absolute atomic E-state index is 8.85. The molecule has 0 saturated carbocycles. The van der Waals surface area contributed by atoms with E-state index in [1.54, 1.807) is 18.2 Å². The normalized spacial score (nSPS) is 8.47. The van der Waals surface area contributed by atoms with E-state index in [9.17, 15) is 0 Å². The van der Waals surface area contributed by atoms with Crippen molar-refractivity contribution in [3.05, 3.63) is 25.3 Å². The number of halogens is 2. The predicted molar refractivity (Wildman–Crippen MR) is 60.8 cm³/mol. The average Bonchev–Trinajstić information content (AvgIpc) is 2.55. The predicted octanol–water partition coefficient (Wildman–Crippen LogP) is 3.49. The van der Waals surface area contributed by atoms with Crippen molar-refractivity contribution in [2.75, 3.05) is 0 Å². The zero-order chi connectivity index (χ0) is 11.4. The molecule has 15 heavy (non-hydrogen) atoms. The Morgan fingerprint density at radius 1 is 1.27 bits per heavy atom. The minimum Gasteiger partial charge on any atom is -0.192 e. The molecule has 0 aliphatic carbocycles. The molecule has 0 bridgehead atoms. The Morgan fingerprint density at radius 2 is 1.87 bits per heavy atom. The zero-order valence-electron chi connectivity index (χ0n) is 7.08. The van der Waals surface area contributed by atoms with Crippen LogP contribution >= 0.6 is 38.9 Å². The monoisotopic (exact) mass is 297 g/mol. The molecule has 0 saturated heterocycles. The van der Waals surface area contributed by atoms with Crippen LogP contribution in [0, 0.1) is 34.0 Å². The van der Waals surface area contributed by atoms with Gasteiger partial charge in [0, 0.05) is 4.88 Å². The van der Waals surface area contributed by atoms with Gasteiger partial charge in [0.25, 0.3) is 0 Å². The van der Waals surface area contributed by atoms with Crippen LogP contribution in [0.1, 0.15) is 4.88 Å². The van der Waals surface area contributed by atoms with Gasteiger partial charge < -0.3 is 0 Å². The summed E-state index contributed by atoms with van der Waals surface area (Å²) < 4.78 is 0.669. The Bertz CT molecular complexity index is 518. The summed E-state index contributed by atoms with van der Waals surface area (Å²) in [7, 11) is 0. The first-order valence-electron chi connectivity index (χ1n) is 3.53. The second-order valence-corrected chi connectivity index (χ2v) is 5.10. The van der Waals surface area contributed by atoms with Crippen LogP contribution in [0.5, 0.6) is 0 Å². The number of hydrogen-bond acceptors (Lipinski definition) is 4. The maximum Gasteiger partial charge on any atom is 0.148 e. The van der Waals surface area contributed by atoms with E-state index in [1.165, 1.54) is 11.3 Å². The summed E-state index contributed by atoms with van der Waals surface area (Å²) in [5.41, 5.74) is -0.152. The van der Waals surface area contributed by atoms with Gasteiger partial charge in [-0.05, 0) is 22.0 Å². The zero-order valence-corrected chi connectivity index (χ0v) is 10.2. The second-order valence-electron chi connectivity index (χ2n) is 2.32. The number of nitrogens with zero attached hydrogens (tertiary/aromatic N) is 3. The number of nitriles is 3. The fourth-order valence-electron chi connectivity index (χ4n) is 0.841. The molecular formula is C9HBrClN3S. The molecule has 1 aromatic heterocycles. The summed E-state index contributed by atoms with van der Waals surface area (Å²) >= 11 is 10.2. The van der Waals surface area contributed by atoms with E-state index in [1.807, 2.05) is 6.07 Å². The third-order valence-corrected chi connectivity index (χ3v) is 3.97. The lowest BCUT2D eigenvalue weighted by Gasteiger charge is -1.90. The Labute approximate surface area is 104 Å². The fraction of sp³-hybridized carbons (Fsp3) is 0. The van der Waals surface area contributed by atoms with Gasteiger partial charge in [0.1, 0.15) is 23.8 Å². The molecule has 1 rings (SSSR count). The van der Waals surface area contributed by atoms with Crippen molar-refractivity contribution in [3.63, 3.8) is 0 Å². The molecule has 0 aliphatic rings. The molecule has 0 aliphatic heterocycles. The lowest BCUT2D eigenvalue weighted by atomic mass is 10.1. The largest absolute Gasteiger partial charge is 0.192 e. The van der Waals surface area contributed by atoms with Crippen LogP contribution in [-0.4, -0.2) is 0 Å². The highest BCUT2D eigenvalue weighted by Gasteiger charge is 2.13. The Morgan fingerprint density at radius 3 is 2.20 bits per heavy atom. The first-order chi connectivity index (χ1) is 7.13. The summed E-state index contributed by atoms with van der Waals surface area (Å²) in [6.07, 6.45) is 0. The Balaban J connectivity index is 3.42. The van der Waals surface area contributed by atoms with Crippen molar-refractivity contribution < 1.29 is 0 Å². The number of rotatable bonds is 1. The van der Waals surface area contributed by atoms with Crippen molar-refractivity contribution >= 4 is 44.4 Å². The summed E-state index contributed by atoms with van der Waals surface area (Å²) in [4.78, 5) is 0.507. The maximum atomic E-state index is 8.85. The van der Waals surface area contributed by atoms with Crippen molar-refractivity contribution in [1.82, 2.24) is 0 Å². The van der Waals surface area contributed by atoms with Crippen LogP contribution < -0.4 is 0 Å². The van der Waals surface area contributed by atoms with Crippen molar-refractivity contribution in [1.29, 1.82) is 15.8 Å². The smallest absolute Gasteiger partial charge is 0.148 e. The van der Waals surface area contributed by atoms with Gasteiger partial charge in [0.15, 0.2) is 0 Å². The summed E-state index contributed by atoms with van der Waals surface area (Å²) in [6, 6.07) is 6.72. The van der Waals surface area contributed by atoms with E-state index in [0.29, 0.717) is 13.7 Å². The van der Waals surface area contributed by atoms with E-state index in [-0.39, 0.29) is 11.1 Å². The van der Waals surface area contributed by atoms with Crippen LogP contribution in [0.25, 0.3) is 5.57 Å². The molecule has 1 heterocycles. The van der Waals surface area contributed by atoms with Crippen LogP contribution in [0.15, 0.2) is 15.4 Å². The van der Waals surface area contributed by atoms with E-state index >= 15 is 0 Å². The molecular weight excluding hydrogens is 298 g/mol. The minimum atomic E-state index is -0.206. The number of hydrogen-bond donors (Lipinski definition) is 0. The standard InChI is InChI=1S/C9HBrClN3S/c10-9-7(11)1-8(15-9)6(4-14)5(2-12)3-13/h1H. The Kier molecular flexibility index (Phi) is 3.88. The van der Waals surface area contributed by atoms with Crippen LogP contribution in [0.3, 0.4) is 0 Å². The van der Waals surface area contributed by atoms with Crippen LogP contribution in [0.2, 0.25) is 5.02 Å². The van der Waals surface area contributed by atoms with E-state index < -0.39 is 0 Å². The van der Waals surface area contributed by atoms with Crippen LogP contribution in [0.4, 0.5) is 0 Å². The van der Waals surface area contributed by atoms with Gasteiger partial charge >= 0.3 is 0 Å². The molecule has 1 aromatic rings. The SMILES string of the molecule is N#CC(C#N)=C(C#N)c1cc(Cl)c(Br)s1. The Hall–Kier alpha value is -1.32. The van der Waals surface area contributed by atoms with Gasteiger partial charge in [-0.3, -0.25) is 0 Å². The van der Waals surface area contributed by atoms with Gasteiger partial charge in [-0.1, -0.05) is 11.6 Å². The van der Waals surface area contributed by atoms with E-state index in [2.05, 4.69) is 15.9 Å². The summed E-state index contributed by atoms with van der Waals surface area (Å²) in [5, 5.41) is 26.6. The molecule has 0 unspecified atom stereocenters. The molecule has 0 amide bonds. The van der Waals surface area contributed by atoms with Gasteiger partial charge in [0.05, 0.1) is 14.4 Å². The number of thiophene rings is 1. The van der Waals surface area contributed by atoms with Crippen molar-refractivity contribution in [3.8, 4) is 18.2 Å². The van der Waals surface area contributed by atoms with E-state index in [0.717, 1.165) is 0 Å². The first kappa shape index (κ1) is 11.8. The third kappa shape index (κ3) is 2.37. The second kappa shape index (κ2) is 4.96. The van der Waals surface area contributed by atoms with Crippen LogP contribution in [-0.2, 0) is 0 Å². The lowest BCUT2D eigenvalue weighted by Crippen LogP contribution is -1.81. The molecule has 0 atom stereocenters. The molecule has 0 radical (unpaired) electrons. The first-order valence-corrected chi connectivity index (χ1v) is 5.52. The molecule has 72 valence electrons.